The van der Waals surface area contributed by atoms with Crippen molar-refractivity contribution in [3.05, 3.63) is 29.3 Å². The van der Waals surface area contributed by atoms with Crippen molar-refractivity contribution < 1.29 is 14.3 Å². The molecular weight excluding hydrogens is 230 g/mol. The zero-order chi connectivity index (χ0) is 12.7. The number of carbonyl (C=O) groups is 2. The molecule has 18 heavy (non-hydrogen) atoms. The zero-order valence-corrected chi connectivity index (χ0v) is 10.2. The molecule has 1 aromatic rings. The molecule has 94 valence electrons. The van der Waals surface area contributed by atoms with E-state index in [4.69, 9.17) is 4.74 Å². The summed E-state index contributed by atoms with van der Waals surface area (Å²) in [5.74, 6) is 0.285. The Hall–Kier alpha value is -1.68. The van der Waals surface area contributed by atoms with Gasteiger partial charge in [-0.15, -0.1) is 0 Å². The highest BCUT2D eigenvalue weighted by molar-refractivity contribution is 6.03. The van der Waals surface area contributed by atoms with Gasteiger partial charge >= 0.3 is 0 Å². The summed E-state index contributed by atoms with van der Waals surface area (Å²) >= 11 is 0. The van der Waals surface area contributed by atoms with Crippen molar-refractivity contribution in [3.63, 3.8) is 0 Å². The van der Waals surface area contributed by atoms with E-state index in [9.17, 15) is 9.59 Å². The second-order valence-corrected chi connectivity index (χ2v) is 5.02. The highest BCUT2D eigenvalue weighted by Crippen LogP contribution is 2.27. The monoisotopic (exact) mass is 245 g/mol. The third-order valence-corrected chi connectivity index (χ3v) is 3.66. The van der Waals surface area contributed by atoms with Crippen LogP contribution in [0.2, 0.25) is 0 Å². The fourth-order valence-electron chi connectivity index (χ4n) is 2.58. The first-order chi connectivity index (χ1) is 8.65. The van der Waals surface area contributed by atoms with Crippen molar-refractivity contribution in [1.82, 2.24) is 0 Å². The predicted octanol–water partition coefficient (Wildman–Crippen LogP) is 1.79. The number of fused-ring (bicyclic) bond motifs is 1. The Morgan fingerprint density at radius 1 is 1.44 bits per heavy atom. The van der Waals surface area contributed by atoms with Crippen molar-refractivity contribution in [2.45, 2.75) is 25.9 Å². The number of amides is 1. The predicted molar refractivity (Wildman–Crippen MR) is 66.6 cm³/mol. The minimum atomic E-state index is -0.326. The average molecular weight is 245 g/mol. The summed E-state index contributed by atoms with van der Waals surface area (Å²) in [6, 6.07) is 5.37. The van der Waals surface area contributed by atoms with Crippen molar-refractivity contribution >= 4 is 17.4 Å². The lowest BCUT2D eigenvalue weighted by Crippen LogP contribution is -2.25. The summed E-state index contributed by atoms with van der Waals surface area (Å²) in [6.07, 6.45) is 0.965. The molecule has 1 saturated heterocycles. The van der Waals surface area contributed by atoms with Crippen LogP contribution in [0.25, 0.3) is 0 Å². The maximum Gasteiger partial charge on any atom is 0.228 e. The van der Waals surface area contributed by atoms with Gasteiger partial charge in [0.05, 0.1) is 6.42 Å². The molecule has 0 spiro atoms. The molecule has 3 rings (SSSR count). The lowest BCUT2D eigenvalue weighted by Gasteiger charge is -2.13. The van der Waals surface area contributed by atoms with Crippen molar-refractivity contribution in [3.8, 4) is 0 Å². The quantitative estimate of drug-likeness (QED) is 0.808. The molecule has 0 radical (unpaired) electrons. The lowest BCUT2D eigenvalue weighted by molar-refractivity contribution is -0.115. The van der Waals surface area contributed by atoms with Crippen molar-refractivity contribution in [2.24, 2.45) is 5.92 Å². The van der Waals surface area contributed by atoms with E-state index < -0.39 is 0 Å². The summed E-state index contributed by atoms with van der Waals surface area (Å²) in [5.41, 5.74) is 2.36. The van der Waals surface area contributed by atoms with E-state index in [2.05, 4.69) is 5.32 Å². The van der Waals surface area contributed by atoms with Gasteiger partial charge in [-0.25, -0.2) is 0 Å². The largest absolute Gasteiger partial charge is 0.370 e. The first-order valence-electron chi connectivity index (χ1n) is 6.24. The second-order valence-electron chi connectivity index (χ2n) is 5.02. The van der Waals surface area contributed by atoms with Gasteiger partial charge < -0.3 is 10.1 Å². The van der Waals surface area contributed by atoms with Crippen LogP contribution in [-0.4, -0.2) is 24.4 Å². The van der Waals surface area contributed by atoms with Crippen LogP contribution >= 0.6 is 0 Å². The second kappa shape index (κ2) is 4.21. The Morgan fingerprint density at radius 3 is 3.00 bits per heavy atom. The van der Waals surface area contributed by atoms with Gasteiger partial charge in [0.25, 0.3) is 0 Å². The smallest absolute Gasteiger partial charge is 0.228 e. The van der Waals surface area contributed by atoms with Crippen LogP contribution in [0, 0.1) is 5.92 Å². The molecule has 0 saturated carbocycles. The Balaban J connectivity index is 1.87. The molecule has 2 unspecified atom stereocenters. The maximum atomic E-state index is 12.3. The van der Waals surface area contributed by atoms with Gasteiger partial charge in [-0.3, -0.25) is 9.59 Å². The first kappa shape index (κ1) is 11.4. The minimum Gasteiger partial charge on any atom is -0.370 e. The molecule has 0 aliphatic carbocycles. The van der Waals surface area contributed by atoms with Crippen LogP contribution < -0.4 is 5.32 Å². The van der Waals surface area contributed by atoms with Gasteiger partial charge in [0.2, 0.25) is 5.91 Å². The highest BCUT2D eigenvalue weighted by atomic mass is 16.5. The van der Waals surface area contributed by atoms with Crippen LogP contribution in [0.1, 0.15) is 29.3 Å². The highest BCUT2D eigenvalue weighted by Gasteiger charge is 2.32. The van der Waals surface area contributed by atoms with E-state index >= 15 is 0 Å². The SMILES string of the molecule is CC1CCOC1C(=O)c1ccc2c(c1)CC(=O)N2. The van der Waals surface area contributed by atoms with Gasteiger partial charge in [-0.05, 0) is 36.1 Å². The van der Waals surface area contributed by atoms with Gasteiger partial charge in [0.15, 0.2) is 5.78 Å². The molecule has 0 aromatic heterocycles. The van der Waals surface area contributed by atoms with Crippen LogP contribution in [0.15, 0.2) is 18.2 Å². The van der Waals surface area contributed by atoms with Crippen molar-refractivity contribution in [2.75, 3.05) is 11.9 Å². The van der Waals surface area contributed by atoms with Gasteiger partial charge in [0.1, 0.15) is 6.10 Å². The van der Waals surface area contributed by atoms with Gasteiger partial charge in [-0.1, -0.05) is 6.92 Å². The van der Waals surface area contributed by atoms with Crippen LogP contribution in [0.5, 0.6) is 0 Å². The molecule has 1 aromatic carbocycles. The summed E-state index contributed by atoms with van der Waals surface area (Å²) in [6.45, 7) is 2.69. The Morgan fingerprint density at radius 2 is 2.28 bits per heavy atom. The summed E-state index contributed by atoms with van der Waals surface area (Å²) in [4.78, 5) is 23.6. The molecule has 1 amide bonds. The molecule has 2 aliphatic heterocycles. The maximum absolute atomic E-state index is 12.3. The standard InChI is InChI=1S/C14H15NO3/c1-8-4-5-18-14(8)13(17)9-2-3-11-10(6-9)7-12(16)15-11/h2-3,6,8,14H,4-5,7H2,1H3,(H,15,16). The third kappa shape index (κ3) is 1.82. The first-order valence-corrected chi connectivity index (χ1v) is 6.24. The normalized spacial score (nSPS) is 25.9. The fraction of sp³-hybridized carbons (Fsp3) is 0.429. The molecule has 4 heteroatoms. The Bertz CT molecular complexity index is 524. The third-order valence-electron chi connectivity index (χ3n) is 3.66. The molecule has 1 fully saturated rings. The number of hydrogen-bond donors (Lipinski definition) is 1. The van der Waals surface area contributed by atoms with Crippen LogP contribution in [-0.2, 0) is 16.0 Å². The number of rotatable bonds is 2. The number of anilines is 1. The van der Waals surface area contributed by atoms with E-state index in [1.165, 1.54) is 0 Å². The summed E-state index contributed by atoms with van der Waals surface area (Å²) < 4.78 is 5.49. The van der Waals surface area contributed by atoms with Crippen LogP contribution in [0.3, 0.4) is 0 Å². The van der Waals surface area contributed by atoms with Gasteiger partial charge in [-0.2, -0.15) is 0 Å². The molecule has 1 N–H and O–H groups in total. The summed E-state index contributed by atoms with van der Waals surface area (Å²) in [5, 5.41) is 2.76. The zero-order valence-electron chi connectivity index (χ0n) is 10.2. The van der Waals surface area contributed by atoms with E-state index in [1.807, 2.05) is 13.0 Å². The molecular formula is C14H15NO3. The molecule has 4 nitrogen and oxygen atoms in total. The van der Waals surface area contributed by atoms with Crippen molar-refractivity contribution in [1.29, 1.82) is 0 Å². The average Bonchev–Trinajstić information content (AvgIpc) is 2.91. The van der Waals surface area contributed by atoms with E-state index in [0.717, 1.165) is 17.7 Å². The summed E-state index contributed by atoms with van der Waals surface area (Å²) in [7, 11) is 0. The number of ketones is 1. The van der Waals surface area contributed by atoms with Crippen LogP contribution in [0.4, 0.5) is 5.69 Å². The Kier molecular flexibility index (Phi) is 2.67. The number of Topliss-reactive ketones (excluding diaryl/α,β-unsaturated/α-hetero) is 1. The number of hydrogen-bond acceptors (Lipinski definition) is 3. The number of ether oxygens (including phenoxy) is 1. The number of benzene rings is 1. The lowest BCUT2D eigenvalue weighted by atomic mass is 9.95. The topological polar surface area (TPSA) is 55.4 Å². The Labute approximate surface area is 105 Å². The molecule has 2 atom stereocenters. The molecule has 2 heterocycles. The molecule has 2 aliphatic rings. The minimum absolute atomic E-state index is 0.0138. The van der Waals surface area contributed by atoms with E-state index in [1.54, 1.807) is 12.1 Å². The number of carbonyl (C=O) groups excluding carboxylic acids is 2. The molecule has 0 bridgehead atoms. The number of nitrogens with one attached hydrogen (secondary N) is 1. The van der Waals surface area contributed by atoms with Gasteiger partial charge in [0, 0.05) is 17.9 Å². The fourth-order valence-corrected chi connectivity index (χ4v) is 2.58. The van der Waals surface area contributed by atoms with E-state index in [0.29, 0.717) is 18.6 Å². The van der Waals surface area contributed by atoms with E-state index in [-0.39, 0.29) is 23.7 Å².